The number of nitrogens with one attached hydrogen (secondary N) is 1. The van der Waals surface area contributed by atoms with Gasteiger partial charge in [0, 0.05) is 13.2 Å². The van der Waals surface area contributed by atoms with E-state index in [1.807, 2.05) is 0 Å². The molecule has 0 spiro atoms. The number of methoxy groups -OCH3 is 1. The molecule has 2 atom stereocenters. The van der Waals surface area contributed by atoms with Crippen molar-refractivity contribution in [3.05, 3.63) is 17.5 Å². The molecule has 1 aromatic rings. The molecule has 0 aliphatic heterocycles. The van der Waals surface area contributed by atoms with Crippen molar-refractivity contribution in [2.24, 2.45) is 0 Å². The Labute approximate surface area is 124 Å². The van der Waals surface area contributed by atoms with Gasteiger partial charge in [0.15, 0.2) is 0 Å². The second-order valence-corrected chi connectivity index (χ2v) is 6.24. The van der Waals surface area contributed by atoms with Crippen LogP contribution in [0.1, 0.15) is 45.3 Å². The molecule has 0 radical (unpaired) electrons. The molecular formula is C14H24N2O5. The summed E-state index contributed by atoms with van der Waals surface area (Å²) in [6.45, 7) is 8.74. The zero-order valence-corrected chi connectivity index (χ0v) is 13.4. The fraction of sp³-hybridized carbons (Fsp3) is 0.714. The van der Waals surface area contributed by atoms with Gasteiger partial charge in [-0.05, 0) is 34.6 Å². The Bertz CT molecular complexity index is 480. The summed E-state index contributed by atoms with van der Waals surface area (Å²) in [6.07, 6.45) is -1.73. The van der Waals surface area contributed by atoms with Crippen molar-refractivity contribution in [1.29, 1.82) is 0 Å². The number of aliphatic hydroxyl groups is 1. The highest BCUT2D eigenvalue weighted by Gasteiger charge is 2.39. The Balaban J connectivity index is 2.89. The van der Waals surface area contributed by atoms with E-state index >= 15 is 0 Å². The fourth-order valence-corrected chi connectivity index (χ4v) is 1.86. The molecule has 0 aromatic carbocycles. The zero-order chi connectivity index (χ0) is 16.3. The van der Waals surface area contributed by atoms with Crippen molar-refractivity contribution in [2.45, 2.75) is 51.9 Å². The maximum Gasteiger partial charge on any atom is 0.408 e. The summed E-state index contributed by atoms with van der Waals surface area (Å²) in [5.74, 6) is 0.570. The number of carbonyl (C=O) groups excluding carboxylic acids is 1. The molecule has 0 saturated heterocycles. The number of aliphatic hydroxyl groups excluding tert-OH is 1. The first kappa shape index (κ1) is 17.5. The predicted molar refractivity (Wildman–Crippen MR) is 75.9 cm³/mol. The van der Waals surface area contributed by atoms with Crippen LogP contribution in [0.25, 0.3) is 0 Å². The highest BCUT2D eigenvalue weighted by molar-refractivity contribution is 5.69. The van der Waals surface area contributed by atoms with Gasteiger partial charge in [0.05, 0.1) is 12.1 Å². The SMILES string of the molecule is COC[C@@](C)(NC(=O)OC(C)(C)C)[C@H](O)c1cc(C)on1. The molecule has 2 N–H and O–H groups in total. The maximum absolute atomic E-state index is 11.9. The van der Waals surface area contributed by atoms with E-state index in [1.54, 1.807) is 40.7 Å². The van der Waals surface area contributed by atoms with E-state index in [0.29, 0.717) is 11.5 Å². The van der Waals surface area contributed by atoms with Crippen LogP contribution >= 0.6 is 0 Å². The number of hydrogen-bond acceptors (Lipinski definition) is 6. The van der Waals surface area contributed by atoms with E-state index in [9.17, 15) is 9.90 Å². The van der Waals surface area contributed by atoms with Crippen LogP contribution < -0.4 is 5.32 Å². The molecule has 0 aliphatic rings. The zero-order valence-electron chi connectivity index (χ0n) is 13.4. The number of hydrogen-bond donors (Lipinski definition) is 2. The lowest BCUT2D eigenvalue weighted by molar-refractivity contribution is -0.00632. The summed E-state index contributed by atoms with van der Waals surface area (Å²) in [4.78, 5) is 11.9. The first-order valence-electron chi connectivity index (χ1n) is 6.69. The van der Waals surface area contributed by atoms with Crippen molar-refractivity contribution in [3.63, 3.8) is 0 Å². The summed E-state index contributed by atoms with van der Waals surface area (Å²) in [7, 11) is 1.48. The number of aryl methyl sites for hydroxylation is 1. The molecule has 1 aromatic heterocycles. The van der Waals surface area contributed by atoms with E-state index in [1.165, 1.54) is 7.11 Å². The van der Waals surface area contributed by atoms with E-state index in [-0.39, 0.29) is 6.61 Å². The molecule has 7 nitrogen and oxygen atoms in total. The van der Waals surface area contributed by atoms with Crippen LogP contribution in [0.4, 0.5) is 4.79 Å². The van der Waals surface area contributed by atoms with Gasteiger partial charge in [-0.2, -0.15) is 0 Å². The molecule has 1 amide bonds. The van der Waals surface area contributed by atoms with E-state index in [4.69, 9.17) is 14.0 Å². The van der Waals surface area contributed by atoms with Gasteiger partial charge >= 0.3 is 6.09 Å². The molecule has 7 heteroatoms. The maximum atomic E-state index is 11.9. The molecule has 120 valence electrons. The van der Waals surface area contributed by atoms with E-state index in [0.717, 1.165) is 0 Å². The van der Waals surface area contributed by atoms with Crippen LogP contribution in [0.15, 0.2) is 10.6 Å². The monoisotopic (exact) mass is 300 g/mol. The Hall–Kier alpha value is -1.60. The summed E-state index contributed by atoms with van der Waals surface area (Å²) < 4.78 is 15.3. The number of alkyl carbamates (subject to hydrolysis) is 1. The largest absolute Gasteiger partial charge is 0.444 e. The Morgan fingerprint density at radius 1 is 1.48 bits per heavy atom. The van der Waals surface area contributed by atoms with Gasteiger partial charge in [0.1, 0.15) is 23.2 Å². The first-order valence-corrected chi connectivity index (χ1v) is 6.69. The molecule has 0 bridgehead atoms. The third-order valence-corrected chi connectivity index (χ3v) is 2.76. The summed E-state index contributed by atoms with van der Waals surface area (Å²) in [6, 6.07) is 1.61. The van der Waals surface area contributed by atoms with Crippen molar-refractivity contribution >= 4 is 6.09 Å². The quantitative estimate of drug-likeness (QED) is 0.863. The third-order valence-electron chi connectivity index (χ3n) is 2.76. The van der Waals surface area contributed by atoms with Crippen molar-refractivity contribution < 1.29 is 23.9 Å². The normalized spacial score (nSPS) is 16.1. The van der Waals surface area contributed by atoms with Gasteiger partial charge in [-0.1, -0.05) is 5.16 Å². The molecule has 0 aliphatic carbocycles. The molecule has 0 unspecified atom stereocenters. The number of carbonyl (C=O) groups is 1. The highest BCUT2D eigenvalue weighted by atomic mass is 16.6. The van der Waals surface area contributed by atoms with E-state index < -0.39 is 23.3 Å². The number of ether oxygens (including phenoxy) is 2. The summed E-state index contributed by atoms with van der Waals surface area (Å²) in [5, 5.41) is 16.9. The molecule has 21 heavy (non-hydrogen) atoms. The second kappa shape index (κ2) is 6.44. The topological polar surface area (TPSA) is 93.8 Å². The molecule has 0 saturated carbocycles. The highest BCUT2D eigenvalue weighted by Crippen LogP contribution is 2.26. The molecule has 1 heterocycles. The smallest absolute Gasteiger partial charge is 0.408 e. The number of nitrogens with zero attached hydrogens (tertiary/aromatic N) is 1. The van der Waals surface area contributed by atoms with Crippen molar-refractivity contribution in [2.75, 3.05) is 13.7 Å². The van der Waals surface area contributed by atoms with Crippen LogP contribution in [-0.4, -0.2) is 41.2 Å². The number of amides is 1. The lowest BCUT2D eigenvalue weighted by atomic mass is 9.93. The Morgan fingerprint density at radius 3 is 2.52 bits per heavy atom. The first-order chi connectivity index (χ1) is 9.57. The average molecular weight is 300 g/mol. The van der Waals surface area contributed by atoms with Crippen LogP contribution in [0.5, 0.6) is 0 Å². The summed E-state index contributed by atoms with van der Waals surface area (Å²) >= 11 is 0. The standard InChI is InChI=1S/C14H24N2O5/c1-9-7-10(16-21-9)11(17)14(5,8-19-6)15-12(18)20-13(2,3)4/h7,11,17H,8H2,1-6H3,(H,15,18)/t11-,14-/m1/s1. The molecular weight excluding hydrogens is 276 g/mol. The van der Waals surface area contributed by atoms with Gasteiger partial charge in [0.25, 0.3) is 0 Å². The minimum Gasteiger partial charge on any atom is -0.444 e. The fourth-order valence-electron chi connectivity index (χ4n) is 1.86. The van der Waals surface area contributed by atoms with Gasteiger partial charge in [-0.25, -0.2) is 4.79 Å². The van der Waals surface area contributed by atoms with Gasteiger partial charge in [0.2, 0.25) is 0 Å². The van der Waals surface area contributed by atoms with Crippen LogP contribution in [-0.2, 0) is 9.47 Å². The van der Waals surface area contributed by atoms with Crippen molar-refractivity contribution in [1.82, 2.24) is 10.5 Å². The summed E-state index contributed by atoms with van der Waals surface area (Å²) in [5.41, 5.74) is -1.41. The molecule has 1 rings (SSSR count). The van der Waals surface area contributed by atoms with E-state index in [2.05, 4.69) is 10.5 Å². The lowest BCUT2D eigenvalue weighted by Crippen LogP contribution is -2.54. The molecule has 0 fully saturated rings. The Kier molecular flexibility index (Phi) is 5.36. The minimum atomic E-state index is -1.10. The predicted octanol–water partition coefficient (Wildman–Crippen LogP) is 1.95. The van der Waals surface area contributed by atoms with Gasteiger partial charge in [-0.15, -0.1) is 0 Å². The average Bonchev–Trinajstić information content (AvgIpc) is 2.72. The second-order valence-electron chi connectivity index (χ2n) is 6.24. The Morgan fingerprint density at radius 2 is 2.10 bits per heavy atom. The van der Waals surface area contributed by atoms with Gasteiger partial charge < -0.3 is 24.4 Å². The van der Waals surface area contributed by atoms with Crippen LogP contribution in [0.2, 0.25) is 0 Å². The number of rotatable bonds is 5. The third kappa shape index (κ3) is 5.02. The number of aromatic nitrogens is 1. The van der Waals surface area contributed by atoms with Gasteiger partial charge in [-0.3, -0.25) is 0 Å². The lowest BCUT2D eigenvalue weighted by Gasteiger charge is -2.34. The van der Waals surface area contributed by atoms with Crippen LogP contribution in [0.3, 0.4) is 0 Å². The minimum absolute atomic E-state index is 0.0827. The van der Waals surface area contributed by atoms with Crippen LogP contribution in [0, 0.1) is 6.92 Å². The van der Waals surface area contributed by atoms with Crippen molar-refractivity contribution in [3.8, 4) is 0 Å².